The van der Waals surface area contributed by atoms with Crippen molar-refractivity contribution in [3.8, 4) is 5.75 Å². The molecule has 112 valence electrons. The standard InChI is InChI=1S/C17H22O3Si/c1-17(2,3)21(4,5)20-15-11-13-9-7-6-8-12(13)10-14(15)16(18)19/h6-11H,1-5H3,(H,18,19). The third kappa shape index (κ3) is 3.10. The Morgan fingerprint density at radius 2 is 1.62 bits per heavy atom. The van der Waals surface area contributed by atoms with Crippen molar-refractivity contribution in [1.82, 2.24) is 0 Å². The Morgan fingerprint density at radius 1 is 1.10 bits per heavy atom. The van der Waals surface area contributed by atoms with Gasteiger partial charge in [-0.3, -0.25) is 0 Å². The van der Waals surface area contributed by atoms with Gasteiger partial charge in [-0.05, 0) is 41.0 Å². The summed E-state index contributed by atoms with van der Waals surface area (Å²) in [6.07, 6.45) is 0. The lowest BCUT2D eigenvalue weighted by atomic mass is 10.1. The molecule has 0 aliphatic rings. The van der Waals surface area contributed by atoms with E-state index in [4.69, 9.17) is 4.43 Å². The Bertz CT molecular complexity index is 684. The van der Waals surface area contributed by atoms with Crippen molar-refractivity contribution in [3.05, 3.63) is 42.0 Å². The van der Waals surface area contributed by atoms with E-state index in [0.717, 1.165) is 10.8 Å². The molecule has 0 heterocycles. The Kier molecular flexibility index (Phi) is 3.85. The van der Waals surface area contributed by atoms with Crippen molar-refractivity contribution in [1.29, 1.82) is 0 Å². The quantitative estimate of drug-likeness (QED) is 0.818. The molecule has 3 nitrogen and oxygen atoms in total. The van der Waals surface area contributed by atoms with Crippen LogP contribution in [0, 0.1) is 0 Å². The van der Waals surface area contributed by atoms with E-state index in [1.807, 2.05) is 30.3 Å². The maximum Gasteiger partial charge on any atom is 0.339 e. The Morgan fingerprint density at radius 3 is 2.10 bits per heavy atom. The molecule has 4 heteroatoms. The number of aromatic carboxylic acids is 1. The zero-order valence-electron chi connectivity index (χ0n) is 13.2. The lowest BCUT2D eigenvalue weighted by Gasteiger charge is -2.36. The molecule has 1 N–H and O–H groups in total. The van der Waals surface area contributed by atoms with Crippen LogP contribution in [0.4, 0.5) is 0 Å². The normalized spacial score (nSPS) is 12.4. The molecular formula is C17H22O3Si. The monoisotopic (exact) mass is 302 g/mol. The van der Waals surface area contributed by atoms with E-state index in [-0.39, 0.29) is 10.6 Å². The molecule has 2 aromatic carbocycles. The van der Waals surface area contributed by atoms with Gasteiger partial charge in [0.2, 0.25) is 0 Å². The van der Waals surface area contributed by atoms with Crippen LogP contribution in [0.15, 0.2) is 36.4 Å². The smallest absolute Gasteiger partial charge is 0.339 e. The first-order valence-electron chi connectivity index (χ1n) is 7.07. The van der Waals surface area contributed by atoms with Crippen molar-refractivity contribution in [2.45, 2.75) is 38.9 Å². The number of carbonyl (C=O) groups is 1. The molecule has 0 amide bonds. The van der Waals surface area contributed by atoms with Crippen molar-refractivity contribution in [3.63, 3.8) is 0 Å². The largest absolute Gasteiger partial charge is 0.543 e. The topological polar surface area (TPSA) is 46.5 Å². The SMILES string of the molecule is CC(C)(C)[Si](C)(C)Oc1cc2ccccc2cc1C(=O)O. The number of benzene rings is 2. The van der Waals surface area contributed by atoms with Crippen LogP contribution in [0.3, 0.4) is 0 Å². The molecule has 0 fully saturated rings. The average molecular weight is 302 g/mol. The van der Waals surface area contributed by atoms with E-state index in [0.29, 0.717) is 5.75 Å². The minimum Gasteiger partial charge on any atom is -0.543 e. The minimum absolute atomic E-state index is 0.0222. The first-order valence-corrected chi connectivity index (χ1v) is 9.98. The van der Waals surface area contributed by atoms with E-state index in [2.05, 4.69) is 33.9 Å². The van der Waals surface area contributed by atoms with E-state index < -0.39 is 14.3 Å². The van der Waals surface area contributed by atoms with Gasteiger partial charge in [0.25, 0.3) is 8.32 Å². The van der Waals surface area contributed by atoms with Crippen molar-refractivity contribution < 1.29 is 14.3 Å². The zero-order chi connectivity index (χ0) is 15.8. The summed E-state index contributed by atoms with van der Waals surface area (Å²) in [4.78, 5) is 11.5. The van der Waals surface area contributed by atoms with Crippen LogP contribution in [0.5, 0.6) is 5.75 Å². The first kappa shape index (κ1) is 15.6. The first-order chi connectivity index (χ1) is 9.62. The Labute approximate surface area is 126 Å². The number of carboxylic acid groups (broad SMARTS) is 1. The highest BCUT2D eigenvalue weighted by Gasteiger charge is 2.39. The number of carboxylic acids is 1. The highest BCUT2D eigenvalue weighted by atomic mass is 28.4. The summed E-state index contributed by atoms with van der Waals surface area (Å²) >= 11 is 0. The third-order valence-electron chi connectivity index (χ3n) is 4.25. The van der Waals surface area contributed by atoms with E-state index >= 15 is 0 Å². The summed E-state index contributed by atoms with van der Waals surface area (Å²) in [5, 5.41) is 11.4. The second-order valence-corrected chi connectivity index (χ2v) is 11.6. The molecule has 0 aromatic heterocycles. The van der Waals surface area contributed by atoms with Crippen LogP contribution in [-0.2, 0) is 0 Å². The number of hydrogen-bond acceptors (Lipinski definition) is 2. The number of hydrogen-bond donors (Lipinski definition) is 1. The van der Waals surface area contributed by atoms with Crippen LogP contribution in [0.25, 0.3) is 10.8 Å². The lowest BCUT2D eigenvalue weighted by Crippen LogP contribution is -2.44. The second-order valence-electron chi connectivity index (χ2n) is 6.86. The Hall–Kier alpha value is -1.81. The molecule has 0 aliphatic heterocycles. The number of fused-ring (bicyclic) bond motifs is 1. The minimum atomic E-state index is -2.07. The van der Waals surface area contributed by atoms with Gasteiger partial charge in [-0.1, -0.05) is 45.0 Å². The molecule has 0 saturated heterocycles. The Balaban J connectivity index is 2.56. The molecule has 0 atom stereocenters. The molecule has 2 rings (SSSR count). The van der Waals surface area contributed by atoms with Crippen LogP contribution in [-0.4, -0.2) is 19.4 Å². The second kappa shape index (κ2) is 5.19. The summed E-state index contributed by atoms with van der Waals surface area (Å²) in [5.41, 5.74) is 0.235. The maximum atomic E-state index is 11.5. The van der Waals surface area contributed by atoms with Gasteiger partial charge in [0.05, 0.1) is 0 Å². The summed E-state index contributed by atoms with van der Waals surface area (Å²) in [5.74, 6) is -0.470. The van der Waals surface area contributed by atoms with E-state index in [1.54, 1.807) is 6.07 Å². The van der Waals surface area contributed by atoms with Gasteiger partial charge in [-0.2, -0.15) is 0 Å². The van der Waals surface area contributed by atoms with E-state index in [9.17, 15) is 9.90 Å². The number of rotatable bonds is 3. The van der Waals surface area contributed by atoms with Gasteiger partial charge in [-0.25, -0.2) is 4.79 Å². The summed E-state index contributed by atoms with van der Waals surface area (Å²) in [7, 11) is -2.07. The summed E-state index contributed by atoms with van der Waals surface area (Å²) in [6, 6.07) is 11.3. The fraction of sp³-hybridized carbons (Fsp3) is 0.353. The van der Waals surface area contributed by atoms with Crippen LogP contribution in [0.2, 0.25) is 18.1 Å². The van der Waals surface area contributed by atoms with Crippen LogP contribution in [0.1, 0.15) is 31.1 Å². The molecule has 0 unspecified atom stereocenters. The van der Waals surface area contributed by atoms with E-state index in [1.165, 1.54) is 0 Å². The third-order valence-corrected chi connectivity index (χ3v) is 8.59. The van der Waals surface area contributed by atoms with Gasteiger partial charge >= 0.3 is 5.97 Å². The lowest BCUT2D eigenvalue weighted by molar-refractivity contribution is 0.0695. The highest BCUT2D eigenvalue weighted by Crippen LogP contribution is 2.39. The van der Waals surface area contributed by atoms with Gasteiger partial charge in [0.1, 0.15) is 11.3 Å². The van der Waals surface area contributed by atoms with Crippen molar-refractivity contribution >= 4 is 25.1 Å². The fourth-order valence-corrected chi connectivity index (χ4v) is 2.92. The molecule has 0 radical (unpaired) electrons. The fourth-order valence-electron chi connectivity index (χ4n) is 1.90. The molecular weight excluding hydrogens is 280 g/mol. The van der Waals surface area contributed by atoms with Gasteiger partial charge in [0, 0.05) is 0 Å². The van der Waals surface area contributed by atoms with Crippen molar-refractivity contribution in [2.24, 2.45) is 0 Å². The molecule has 0 bridgehead atoms. The summed E-state index contributed by atoms with van der Waals surface area (Å²) in [6.45, 7) is 10.7. The highest BCUT2D eigenvalue weighted by molar-refractivity contribution is 6.74. The van der Waals surface area contributed by atoms with Gasteiger partial charge < -0.3 is 9.53 Å². The molecule has 0 saturated carbocycles. The van der Waals surface area contributed by atoms with Crippen LogP contribution < -0.4 is 4.43 Å². The molecule has 21 heavy (non-hydrogen) atoms. The summed E-state index contributed by atoms with van der Waals surface area (Å²) < 4.78 is 6.22. The van der Waals surface area contributed by atoms with Gasteiger partial charge in [0.15, 0.2) is 0 Å². The molecule has 0 aliphatic carbocycles. The predicted molar refractivity (Wildman–Crippen MR) is 88.7 cm³/mol. The maximum absolute atomic E-state index is 11.5. The molecule has 2 aromatic rings. The molecule has 0 spiro atoms. The average Bonchev–Trinajstić information content (AvgIpc) is 2.35. The van der Waals surface area contributed by atoms with Crippen LogP contribution >= 0.6 is 0 Å². The zero-order valence-corrected chi connectivity index (χ0v) is 14.2. The predicted octanol–water partition coefficient (Wildman–Crippen LogP) is 4.92. The van der Waals surface area contributed by atoms with Crippen molar-refractivity contribution in [2.75, 3.05) is 0 Å². The van der Waals surface area contributed by atoms with Gasteiger partial charge in [-0.15, -0.1) is 0 Å².